The predicted octanol–water partition coefficient (Wildman–Crippen LogP) is 2.61. The molecule has 106 valence electrons. The maximum atomic E-state index is 12.3. The van der Waals surface area contributed by atoms with Gasteiger partial charge in [0.2, 0.25) is 0 Å². The Balaban J connectivity index is 3.37. The SMILES string of the molecule is CN1C=CSC1=C(C(=O)C(F)(F)F)C(=O)C(F)(F)F. The first-order chi connectivity index (χ1) is 8.46. The molecule has 0 spiro atoms. The molecule has 0 N–H and O–H groups in total. The summed E-state index contributed by atoms with van der Waals surface area (Å²) in [7, 11) is 1.12. The van der Waals surface area contributed by atoms with Gasteiger partial charge < -0.3 is 4.90 Å². The van der Waals surface area contributed by atoms with Gasteiger partial charge in [0.05, 0.1) is 5.03 Å². The fourth-order valence-electron chi connectivity index (χ4n) is 1.15. The lowest BCUT2D eigenvalue weighted by molar-refractivity contribution is -0.175. The summed E-state index contributed by atoms with van der Waals surface area (Å²) in [6.45, 7) is 0. The van der Waals surface area contributed by atoms with Crippen LogP contribution in [0.25, 0.3) is 0 Å². The number of alkyl halides is 6. The molecule has 1 aliphatic rings. The molecule has 0 amide bonds. The summed E-state index contributed by atoms with van der Waals surface area (Å²) < 4.78 is 73.7. The molecular formula is C9H5F6NO2S. The lowest BCUT2D eigenvalue weighted by atomic mass is 10.1. The minimum Gasteiger partial charge on any atom is -0.344 e. The molecule has 1 rings (SSSR count). The van der Waals surface area contributed by atoms with Gasteiger partial charge in [-0.25, -0.2) is 0 Å². The normalized spacial score (nSPS) is 15.9. The van der Waals surface area contributed by atoms with E-state index in [4.69, 9.17) is 0 Å². The van der Waals surface area contributed by atoms with E-state index in [0.717, 1.165) is 23.6 Å². The lowest BCUT2D eigenvalue weighted by Gasteiger charge is -2.17. The highest BCUT2D eigenvalue weighted by molar-refractivity contribution is 8.06. The van der Waals surface area contributed by atoms with Crippen LogP contribution >= 0.6 is 11.8 Å². The molecular weight excluding hydrogens is 300 g/mol. The zero-order chi connectivity index (χ0) is 15.0. The molecule has 1 heterocycles. The average Bonchev–Trinajstić information content (AvgIpc) is 2.62. The van der Waals surface area contributed by atoms with E-state index in [2.05, 4.69) is 0 Å². The number of thioether (sulfide) groups is 1. The predicted molar refractivity (Wildman–Crippen MR) is 53.6 cm³/mol. The number of carbonyl (C=O) groups is 2. The monoisotopic (exact) mass is 305 g/mol. The van der Waals surface area contributed by atoms with Crippen LogP contribution in [0, 0.1) is 0 Å². The summed E-state index contributed by atoms with van der Waals surface area (Å²) in [5.74, 6) is -5.62. The van der Waals surface area contributed by atoms with Gasteiger partial charge in [0.25, 0.3) is 11.6 Å². The number of rotatable bonds is 2. The van der Waals surface area contributed by atoms with E-state index >= 15 is 0 Å². The molecule has 3 nitrogen and oxygen atoms in total. The van der Waals surface area contributed by atoms with Gasteiger partial charge in [0, 0.05) is 13.2 Å². The highest BCUT2D eigenvalue weighted by atomic mass is 32.2. The molecule has 0 fully saturated rings. The van der Waals surface area contributed by atoms with Gasteiger partial charge in [-0.1, -0.05) is 11.8 Å². The van der Waals surface area contributed by atoms with Gasteiger partial charge in [-0.15, -0.1) is 0 Å². The Kier molecular flexibility index (Phi) is 4.03. The van der Waals surface area contributed by atoms with Gasteiger partial charge in [0.1, 0.15) is 5.57 Å². The zero-order valence-corrected chi connectivity index (χ0v) is 9.91. The largest absolute Gasteiger partial charge is 0.455 e. The van der Waals surface area contributed by atoms with Crippen molar-refractivity contribution in [3.8, 4) is 0 Å². The first-order valence-corrected chi connectivity index (χ1v) is 5.37. The van der Waals surface area contributed by atoms with Crippen molar-refractivity contribution in [1.82, 2.24) is 4.90 Å². The van der Waals surface area contributed by atoms with Gasteiger partial charge in [-0.05, 0) is 5.41 Å². The summed E-state index contributed by atoms with van der Waals surface area (Å²) in [6, 6.07) is 0. The fraction of sp³-hybridized carbons (Fsp3) is 0.333. The molecule has 0 aromatic heterocycles. The topological polar surface area (TPSA) is 37.4 Å². The molecule has 0 aliphatic carbocycles. The Morgan fingerprint density at radius 2 is 1.47 bits per heavy atom. The molecule has 0 aromatic rings. The fourth-order valence-corrected chi connectivity index (χ4v) is 2.06. The molecule has 0 atom stereocenters. The number of carbonyl (C=O) groups excluding carboxylic acids is 2. The number of Topliss-reactive ketones (excluding diaryl/α,β-unsaturated/α-hetero) is 2. The average molecular weight is 305 g/mol. The first-order valence-electron chi connectivity index (χ1n) is 4.49. The van der Waals surface area contributed by atoms with Crippen molar-refractivity contribution in [2.45, 2.75) is 12.4 Å². The summed E-state index contributed by atoms with van der Waals surface area (Å²) in [4.78, 5) is 22.9. The van der Waals surface area contributed by atoms with E-state index in [1.165, 1.54) is 0 Å². The van der Waals surface area contributed by atoms with Crippen molar-refractivity contribution < 1.29 is 35.9 Å². The van der Waals surface area contributed by atoms with Crippen LogP contribution in [0.5, 0.6) is 0 Å². The van der Waals surface area contributed by atoms with E-state index in [9.17, 15) is 35.9 Å². The molecule has 0 saturated carbocycles. The third kappa shape index (κ3) is 3.31. The van der Waals surface area contributed by atoms with Crippen molar-refractivity contribution in [3.63, 3.8) is 0 Å². The Morgan fingerprint density at radius 3 is 1.74 bits per heavy atom. The quantitative estimate of drug-likeness (QED) is 0.340. The molecule has 19 heavy (non-hydrogen) atoms. The first kappa shape index (κ1) is 15.6. The second-order valence-electron chi connectivity index (χ2n) is 3.35. The maximum Gasteiger partial charge on any atom is 0.455 e. The molecule has 1 aliphatic heterocycles. The Bertz CT molecular complexity index is 448. The van der Waals surface area contributed by atoms with Crippen LogP contribution < -0.4 is 0 Å². The van der Waals surface area contributed by atoms with Crippen molar-refractivity contribution in [1.29, 1.82) is 0 Å². The van der Waals surface area contributed by atoms with Crippen LogP contribution in [0.1, 0.15) is 0 Å². The van der Waals surface area contributed by atoms with Crippen molar-refractivity contribution in [3.05, 3.63) is 22.2 Å². The summed E-state index contributed by atoms with van der Waals surface area (Å²) in [5, 5.41) is 0.451. The lowest BCUT2D eigenvalue weighted by Crippen LogP contribution is -2.36. The van der Waals surface area contributed by atoms with Gasteiger partial charge in [-0.3, -0.25) is 9.59 Å². The van der Waals surface area contributed by atoms with Crippen LogP contribution in [0.3, 0.4) is 0 Å². The summed E-state index contributed by atoms with van der Waals surface area (Å²) in [6.07, 6.45) is -9.99. The maximum absolute atomic E-state index is 12.3. The zero-order valence-electron chi connectivity index (χ0n) is 9.09. The number of halogens is 6. The van der Waals surface area contributed by atoms with Gasteiger partial charge in [0.15, 0.2) is 0 Å². The molecule has 0 bridgehead atoms. The number of nitrogens with zero attached hydrogens (tertiary/aromatic N) is 1. The van der Waals surface area contributed by atoms with E-state index < -0.39 is 34.5 Å². The van der Waals surface area contributed by atoms with Crippen LogP contribution in [-0.2, 0) is 9.59 Å². The molecule has 0 saturated heterocycles. The van der Waals surface area contributed by atoms with E-state index in [0.29, 0.717) is 11.8 Å². The van der Waals surface area contributed by atoms with Gasteiger partial charge >= 0.3 is 12.4 Å². The van der Waals surface area contributed by atoms with Crippen LogP contribution in [0.2, 0.25) is 0 Å². The molecule has 10 heteroatoms. The summed E-state index contributed by atoms with van der Waals surface area (Å²) in [5.41, 5.74) is -1.92. The van der Waals surface area contributed by atoms with E-state index in [1.54, 1.807) is 0 Å². The summed E-state index contributed by atoms with van der Waals surface area (Å²) >= 11 is 0.431. The molecule has 0 aromatic carbocycles. The minimum absolute atomic E-state index is 0.431. The third-order valence-electron chi connectivity index (χ3n) is 1.97. The number of hydrogen-bond donors (Lipinski definition) is 0. The number of hydrogen-bond acceptors (Lipinski definition) is 4. The molecule has 0 radical (unpaired) electrons. The third-order valence-corrected chi connectivity index (χ3v) is 2.94. The second kappa shape index (κ2) is 4.91. The minimum atomic E-state index is -5.56. The highest BCUT2D eigenvalue weighted by Crippen LogP contribution is 2.36. The Labute approximate surface area is 106 Å². The van der Waals surface area contributed by atoms with Gasteiger partial charge in [-0.2, -0.15) is 26.3 Å². The Hall–Kier alpha value is -1.45. The second-order valence-corrected chi connectivity index (χ2v) is 4.24. The Morgan fingerprint density at radius 1 is 1.05 bits per heavy atom. The van der Waals surface area contributed by atoms with Crippen LogP contribution in [0.15, 0.2) is 22.2 Å². The standard InChI is InChI=1S/C9H5F6NO2S/c1-16-2-3-19-7(16)4(5(17)8(10,11)12)6(18)9(13,14)15/h2-3H,1H3. The van der Waals surface area contributed by atoms with E-state index in [-0.39, 0.29) is 0 Å². The number of allylic oxidation sites excluding steroid dienone is 1. The molecule has 0 unspecified atom stereocenters. The van der Waals surface area contributed by atoms with Crippen molar-refractivity contribution in [2.24, 2.45) is 0 Å². The van der Waals surface area contributed by atoms with E-state index in [1.807, 2.05) is 0 Å². The highest BCUT2D eigenvalue weighted by Gasteiger charge is 2.52. The van der Waals surface area contributed by atoms with Crippen molar-refractivity contribution >= 4 is 23.3 Å². The number of ketones is 2. The van der Waals surface area contributed by atoms with Crippen LogP contribution in [0.4, 0.5) is 26.3 Å². The van der Waals surface area contributed by atoms with Crippen LogP contribution in [-0.4, -0.2) is 35.9 Å². The smallest absolute Gasteiger partial charge is 0.344 e. The van der Waals surface area contributed by atoms with Crippen molar-refractivity contribution in [2.75, 3.05) is 7.05 Å².